The summed E-state index contributed by atoms with van der Waals surface area (Å²) in [5.74, 6) is 2.11. The summed E-state index contributed by atoms with van der Waals surface area (Å²) < 4.78 is 1.69. The molecule has 3 aromatic rings. The predicted octanol–water partition coefficient (Wildman–Crippen LogP) is 4.04. The number of carbonyl (C=O) groups is 2. The van der Waals surface area contributed by atoms with Crippen LogP contribution in [0.25, 0.3) is 0 Å². The third-order valence-corrected chi connectivity index (χ3v) is 9.52. The van der Waals surface area contributed by atoms with E-state index >= 15 is 0 Å². The van der Waals surface area contributed by atoms with Gasteiger partial charge in [0.2, 0.25) is 5.91 Å². The van der Waals surface area contributed by atoms with E-state index in [1.165, 1.54) is 0 Å². The first-order valence-electron chi connectivity index (χ1n) is 13.7. The van der Waals surface area contributed by atoms with Crippen LogP contribution in [-0.4, -0.2) is 43.8 Å². The SMILES string of the molecule is Cc1cc(N2C(=O)[C@@H]3C4C2[C@@H]43)ncc1[C@@H](C)n1cc(C(=O)NC2CC(c3cc(Cl)ccc3C#N)C2)c([C@@H](C)O)n1. The maximum Gasteiger partial charge on any atom is 0.255 e. The number of aliphatic hydroxyl groups excluding tert-OH is 1. The molecule has 2 unspecified atom stereocenters. The van der Waals surface area contributed by atoms with Crippen molar-refractivity contribution < 1.29 is 14.7 Å². The maximum absolute atomic E-state index is 13.3. The maximum atomic E-state index is 13.3. The Morgan fingerprint density at radius 1 is 1.25 bits per heavy atom. The van der Waals surface area contributed by atoms with E-state index in [2.05, 4.69) is 21.5 Å². The van der Waals surface area contributed by atoms with E-state index in [9.17, 15) is 20.0 Å². The van der Waals surface area contributed by atoms with Crippen LogP contribution in [0, 0.1) is 36.0 Å². The van der Waals surface area contributed by atoms with Gasteiger partial charge in [-0.2, -0.15) is 10.4 Å². The minimum absolute atomic E-state index is 0.0502. The summed E-state index contributed by atoms with van der Waals surface area (Å²) in [6, 6.07) is 9.50. The minimum atomic E-state index is -0.926. The van der Waals surface area contributed by atoms with Crippen molar-refractivity contribution in [1.82, 2.24) is 20.1 Å². The van der Waals surface area contributed by atoms with Crippen molar-refractivity contribution in [2.45, 2.75) is 63.8 Å². The smallest absolute Gasteiger partial charge is 0.255 e. The summed E-state index contributed by atoms with van der Waals surface area (Å²) >= 11 is 6.15. The van der Waals surface area contributed by atoms with Crippen LogP contribution in [0.15, 0.2) is 36.7 Å². The molecular formula is C30H29ClN6O3. The molecule has 4 heterocycles. The van der Waals surface area contributed by atoms with Crippen molar-refractivity contribution in [1.29, 1.82) is 5.26 Å². The number of nitrogens with zero attached hydrogens (tertiary/aromatic N) is 5. The molecule has 40 heavy (non-hydrogen) atoms. The Kier molecular flexibility index (Phi) is 5.61. The van der Waals surface area contributed by atoms with E-state index < -0.39 is 6.10 Å². The lowest BCUT2D eigenvalue weighted by Crippen LogP contribution is -2.43. The second kappa shape index (κ2) is 8.88. The zero-order valence-corrected chi connectivity index (χ0v) is 23.1. The first-order valence-corrected chi connectivity index (χ1v) is 14.1. The quantitative estimate of drug-likeness (QED) is 0.452. The fraction of sp³-hybridized carbons (Fsp3) is 0.433. The molecular weight excluding hydrogens is 528 g/mol. The van der Waals surface area contributed by atoms with Crippen LogP contribution in [0.4, 0.5) is 5.82 Å². The molecule has 0 radical (unpaired) electrons. The van der Waals surface area contributed by atoms with Crippen LogP contribution in [0.2, 0.25) is 5.02 Å². The van der Waals surface area contributed by atoms with Crippen molar-refractivity contribution in [3.8, 4) is 6.07 Å². The van der Waals surface area contributed by atoms with Gasteiger partial charge in [-0.25, -0.2) is 4.98 Å². The van der Waals surface area contributed by atoms with E-state index in [0.717, 1.165) is 16.7 Å². The highest BCUT2D eigenvalue weighted by atomic mass is 35.5. The van der Waals surface area contributed by atoms with E-state index in [-0.39, 0.29) is 35.7 Å². The van der Waals surface area contributed by atoms with Gasteiger partial charge < -0.3 is 10.4 Å². The molecule has 2 bridgehead atoms. The fourth-order valence-electron chi connectivity index (χ4n) is 6.80. The van der Waals surface area contributed by atoms with Gasteiger partial charge >= 0.3 is 0 Å². The summed E-state index contributed by atoms with van der Waals surface area (Å²) in [4.78, 5) is 32.3. The Morgan fingerprint density at radius 2 is 2.00 bits per heavy atom. The molecule has 2 aromatic heterocycles. The van der Waals surface area contributed by atoms with Crippen LogP contribution in [0.5, 0.6) is 0 Å². The molecule has 3 saturated carbocycles. The second-order valence-corrected chi connectivity index (χ2v) is 12.2. The van der Waals surface area contributed by atoms with Gasteiger partial charge in [-0.05, 0) is 92.3 Å². The summed E-state index contributed by atoms with van der Waals surface area (Å²) in [7, 11) is 0. The number of hydrogen-bond acceptors (Lipinski definition) is 6. The van der Waals surface area contributed by atoms with Gasteiger partial charge in [-0.15, -0.1) is 0 Å². The standard InChI is InChI=1S/C30H29ClN6O3/c1-13-6-23(37-28-24-25(28)26(24)30(37)40)33-11-21(13)14(2)36-12-22(27(35-36)15(3)38)29(39)34-19-7-17(8-19)20-9-18(31)5-4-16(20)10-32/h4-6,9,11-12,14-15,17,19,24-26,28,38H,7-8H2,1-3H3,(H,34,39)/t14-,15-,17?,19?,24+,25?,26+,28?/m1/s1. The number of benzene rings is 1. The highest BCUT2D eigenvalue weighted by Gasteiger charge is 2.85. The number of amides is 2. The Labute approximate surface area is 236 Å². The lowest BCUT2D eigenvalue weighted by molar-refractivity contribution is -0.118. The number of piperidine rings is 1. The lowest BCUT2D eigenvalue weighted by atomic mass is 9.74. The highest BCUT2D eigenvalue weighted by Crippen LogP contribution is 2.76. The number of anilines is 1. The number of fused-ring (bicyclic) bond motifs is 1. The molecule has 10 heteroatoms. The summed E-state index contributed by atoms with van der Waals surface area (Å²) in [5, 5.41) is 28.1. The first-order chi connectivity index (χ1) is 19.2. The first kappa shape index (κ1) is 25.2. The van der Waals surface area contributed by atoms with Crippen LogP contribution < -0.4 is 10.2 Å². The minimum Gasteiger partial charge on any atom is -0.387 e. The van der Waals surface area contributed by atoms with E-state index in [1.54, 1.807) is 36.1 Å². The number of aromatic nitrogens is 3. The number of carbonyl (C=O) groups excluding carboxylic acids is 2. The number of pyridine rings is 1. The Hall–Kier alpha value is -3.74. The van der Waals surface area contributed by atoms with E-state index in [0.29, 0.717) is 58.4 Å². The average Bonchev–Trinajstić information content (AvgIpc) is 3.65. The number of aryl methyl sites for hydroxylation is 1. The number of nitrogens with one attached hydrogen (secondary N) is 1. The Bertz CT molecular complexity index is 1610. The average molecular weight is 557 g/mol. The topological polar surface area (TPSA) is 124 Å². The summed E-state index contributed by atoms with van der Waals surface area (Å²) in [6.07, 6.45) is 3.95. The number of aliphatic hydroxyl groups is 1. The highest BCUT2D eigenvalue weighted by molar-refractivity contribution is 6.30. The molecule has 2 saturated heterocycles. The van der Waals surface area contributed by atoms with E-state index in [1.807, 2.05) is 30.9 Å². The second-order valence-electron chi connectivity index (χ2n) is 11.7. The molecule has 5 fully saturated rings. The molecule has 0 spiro atoms. The van der Waals surface area contributed by atoms with Crippen molar-refractivity contribution in [2.75, 3.05) is 4.90 Å². The largest absolute Gasteiger partial charge is 0.387 e. The normalized spacial score (nSPS) is 28.8. The van der Waals surface area contributed by atoms with Gasteiger partial charge in [0.1, 0.15) is 11.5 Å². The molecule has 9 nitrogen and oxygen atoms in total. The fourth-order valence-corrected chi connectivity index (χ4v) is 6.98. The summed E-state index contributed by atoms with van der Waals surface area (Å²) in [5.41, 5.74) is 4.08. The van der Waals surface area contributed by atoms with Crippen LogP contribution in [0.1, 0.15) is 83.1 Å². The van der Waals surface area contributed by atoms with Crippen molar-refractivity contribution in [3.05, 3.63) is 75.2 Å². The summed E-state index contributed by atoms with van der Waals surface area (Å²) in [6.45, 7) is 5.56. The van der Waals surface area contributed by atoms with Gasteiger partial charge in [0.25, 0.3) is 5.91 Å². The Morgan fingerprint density at radius 3 is 2.62 bits per heavy atom. The van der Waals surface area contributed by atoms with Crippen LogP contribution >= 0.6 is 11.6 Å². The Balaban J connectivity index is 1.06. The van der Waals surface area contributed by atoms with Crippen LogP contribution in [0.3, 0.4) is 0 Å². The van der Waals surface area contributed by atoms with Gasteiger partial charge in [-0.1, -0.05) is 11.6 Å². The van der Waals surface area contributed by atoms with Gasteiger partial charge in [0.05, 0.1) is 29.3 Å². The van der Waals surface area contributed by atoms with Crippen molar-refractivity contribution in [2.24, 2.45) is 17.8 Å². The monoisotopic (exact) mass is 556 g/mol. The van der Waals surface area contributed by atoms with Gasteiger partial charge in [-0.3, -0.25) is 19.2 Å². The van der Waals surface area contributed by atoms with E-state index in [4.69, 9.17) is 11.6 Å². The predicted molar refractivity (Wildman–Crippen MR) is 147 cm³/mol. The zero-order valence-electron chi connectivity index (χ0n) is 22.4. The molecule has 8 rings (SSSR count). The molecule has 6 atom stereocenters. The number of rotatable bonds is 7. The molecule has 2 amide bonds. The van der Waals surface area contributed by atoms with Crippen LogP contribution in [-0.2, 0) is 4.79 Å². The molecule has 1 aromatic carbocycles. The third-order valence-electron chi connectivity index (χ3n) is 9.28. The zero-order chi connectivity index (χ0) is 28.0. The molecule has 204 valence electrons. The van der Waals surface area contributed by atoms with Gasteiger partial charge in [0.15, 0.2) is 0 Å². The van der Waals surface area contributed by atoms with Gasteiger partial charge in [0, 0.05) is 35.4 Å². The number of hydrogen-bond donors (Lipinski definition) is 2. The third kappa shape index (κ3) is 3.77. The number of nitriles is 1. The van der Waals surface area contributed by atoms with Crippen molar-refractivity contribution >= 4 is 29.2 Å². The molecule has 3 aliphatic carbocycles. The molecule has 2 aliphatic heterocycles. The molecule has 2 N–H and O–H groups in total. The molecule has 5 aliphatic rings. The lowest BCUT2D eigenvalue weighted by Gasteiger charge is -2.36. The van der Waals surface area contributed by atoms with Crippen molar-refractivity contribution in [3.63, 3.8) is 0 Å². The number of halogens is 1.